The van der Waals surface area contributed by atoms with Gasteiger partial charge in [0.2, 0.25) is 0 Å². The minimum Gasteiger partial charge on any atom is -0.490 e. The highest BCUT2D eigenvalue weighted by molar-refractivity contribution is 5.44. The van der Waals surface area contributed by atoms with E-state index in [4.69, 9.17) is 9.47 Å². The molecule has 0 heterocycles. The smallest absolute Gasteiger partial charge is 0.161 e. The summed E-state index contributed by atoms with van der Waals surface area (Å²) in [5.74, 6) is 2.38. The molecular formula is C17H27NO2. The Bertz CT molecular complexity index is 456. The van der Waals surface area contributed by atoms with Crippen LogP contribution in [-0.2, 0) is 0 Å². The Kier molecular flexibility index (Phi) is 4.59. The Hall–Kier alpha value is -1.22. The Morgan fingerprint density at radius 2 is 1.80 bits per heavy atom. The average molecular weight is 277 g/mol. The zero-order chi connectivity index (χ0) is 14.8. The van der Waals surface area contributed by atoms with Gasteiger partial charge >= 0.3 is 0 Å². The van der Waals surface area contributed by atoms with E-state index in [1.165, 1.54) is 12.0 Å². The van der Waals surface area contributed by atoms with Gasteiger partial charge in [-0.2, -0.15) is 0 Å². The number of ether oxygens (including phenoxy) is 2. The summed E-state index contributed by atoms with van der Waals surface area (Å²) < 4.78 is 11.4. The van der Waals surface area contributed by atoms with Crippen LogP contribution in [0.1, 0.15) is 45.7 Å². The van der Waals surface area contributed by atoms with E-state index in [9.17, 15) is 0 Å². The predicted octanol–water partition coefficient (Wildman–Crippen LogP) is 3.79. The van der Waals surface area contributed by atoms with Crippen LogP contribution in [0.5, 0.6) is 11.5 Å². The van der Waals surface area contributed by atoms with Crippen LogP contribution in [0.15, 0.2) is 18.2 Å². The van der Waals surface area contributed by atoms with Crippen molar-refractivity contribution in [3.63, 3.8) is 0 Å². The largest absolute Gasteiger partial charge is 0.490 e. The summed E-state index contributed by atoms with van der Waals surface area (Å²) in [6.07, 6.45) is 1.27. The summed E-state index contributed by atoms with van der Waals surface area (Å²) in [5, 5.41) is 3.46. The van der Waals surface area contributed by atoms with Gasteiger partial charge in [-0.05, 0) is 56.3 Å². The molecule has 3 nitrogen and oxygen atoms in total. The second kappa shape index (κ2) is 6.04. The van der Waals surface area contributed by atoms with Gasteiger partial charge in [0.25, 0.3) is 0 Å². The lowest BCUT2D eigenvalue weighted by atomic mass is 9.97. The van der Waals surface area contributed by atoms with Gasteiger partial charge < -0.3 is 14.8 Å². The summed E-state index contributed by atoms with van der Waals surface area (Å²) in [5.41, 5.74) is 1.73. The van der Waals surface area contributed by atoms with Crippen LogP contribution in [0.25, 0.3) is 0 Å². The molecule has 1 aromatic rings. The lowest BCUT2D eigenvalue weighted by molar-refractivity contribution is 0.287. The van der Waals surface area contributed by atoms with Crippen molar-refractivity contribution < 1.29 is 9.47 Å². The van der Waals surface area contributed by atoms with Crippen molar-refractivity contribution >= 4 is 0 Å². The number of nitrogens with one attached hydrogen (secondary N) is 1. The van der Waals surface area contributed by atoms with Crippen LogP contribution in [0.2, 0.25) is 0 Å². The molecule has 0 radical (unpaired) electrons. The molecule has 2 rings (SSSR count). The van der Waals surface area contributed by atoms with E-state index < -0.39 is 0 Å². The third-order valence-corrected chi connectivity index (χ3v) is 4.23. The van der Waals surface area contributed by atoms with Gasteiger partial charge in [0, 0.05) is 6.04 Å². The summed E-state index contributed by atoms with van der Waals surface area (Å²) in [7, 11) is 2.04. The first-order valence-electron chi connectivity index (χ1n) is 7.60. The topological polar surface area (TPSA) is 30.5 Å². The van der Waals surface area contributed by atoms with Gasteiger partial charge in [0.15, 0.2) is 11.5 Å². The van der Waals surface area contributed by atoms with Gasteiger partial charge in [-0.15, -0.1) is 0 Å². The molecule has 1 N–H and O–H groups in total. The molecule has 0 aliphatic heterocycles. The Morgan fingerprint density at radius 1 is 1.20 bits per heavy atom. The quantitative estimate of drug-likeness (QED) is 0.822. The highest BCUT2D eigenvalue weighted by atomic mass is 16.5. The monoisotopic (exact) mass is 277 g/mol. The molecule has 0 aromatic heterocycles. The van der Waals surface area contributed by atoms with Crippen LogP contribution in [0.3, 0.4) is 0 Å². The van der Waals surface area contributed by atoms with Crippen molar-refractivity contribution in [3.05, 3.63) is 23.8 Å². The number of hydrogen-bond acceptors (Lipinski definition) is 3. The lowest BCUT2D eigenvalue weighted by Crippen LogP contribution is -2.20. The molecule has 0 amide bonds. The van der Waals surface area contributed by atoms with Crippen LogP contribution in [0.4, 0.5) is 0 Å². The molecule has 2 unspecified atom stereocenters. The van der Waals surface area contributed by atoms with Crippen molar-refractivity contribution in [2.45, 2.75) is 40.2 Å². The van der Waals surface area contributed by atoms with Crippen molar-refractivity contribution in [1.82, 2.24) is 5.32 Å². The summed E-state index contributed by atoms with van der Waals surface area (Å²) in [6, 6.07) is 6.70. The highest BCUT2D eigenvalue weighted by Crippen LogP contribution is 2.57. The normalized spacial score (nSPS) is 21.4. The van der Waals surface area contributed by atoms with Crippen molar-refractivity contribution in [2.24, 2.45) is 11.3 Å². The fourth-order valence-electron chi connectivity index (χ4n) is 2.94. The van der Waals surface area contributed by atoms with Crippen LogP contribution >= 0.6 is 0 Å². The fourth-order valence-corrected chi connectivity index (χ4v) is 2.94. The van der Waals surface area contributed by atoms with E-state index in [0.717, 1.165) is 11.5 Å². The van der Waals surface area contributed by atoms with E-state index in [1.54, 1.807) is 0 Å². The molecule has 0 spiro atoms. The van der Waals surface area contributed by atoms with Crippen molar-refractivity contribution in [2.75, 3.05) is 20.3 Å². The molecule has 0 bridgehead atoms. The second-order valence-electron chi connectivity index (χ2n) is 6.14. The predicted molar refractivity (Wildman–Crippen MR) is 82.5 cm³/mol. The molecule has 3 heteroatoms. The summed E-state index contributed by atoms with van der Waals surface area (Å²) >= 11 is 0. The fraction of sp³-hybridized carbons (Fsp3) is 0.647. The maximum atomic E-state index is 5.72. The first-order valence-corrected chi connectivity index (χ1v) is 7.60. The van der Waals surface area contributed by atoms with Gasteiger partial charge in [0.05, 0.1) is 13.2 Å². The molecule has 1 saturated carbocycles. The highest BCUT2D eigenvalue weighted by Gasteiger charge is 2.50. The first-order chi connectivity index (χ1) is 9.53. The molecule has 1 aromatic carbocycles. The molecule has 1 fully saturated rings. The molecular weight excluding hydrogens is 250 g/mol. The third kappa shape index (κ3) is 3.09. The number of rotatable bonds is 7. The van der Waals surface area contributed by atoms with Gasteiger partial charge in [-0.3, -0.25) is 0 Å². The number of hydrogen-bond donors (Lipinski definition) is 1. The molecule has 1 aliphatic rings. The zero-order valence-corrected chi connectivity index (χ0v) is 13.3. The van der Waals surface area contributed by atoms with Gasteiger partial charge in [-0.25, -0.2) is 0 Å². The van der Waals surface area contributed by atoms with E-state index in [2.05, 4.69) is 31.3 Å². The minimum atomic E-state index is 0.389. The third-order valence-electron chi connectivity index (χ3n) is 4.23. The maximum Gasteiger partial charge on any atom is 0.161 e. The van der Waals surface area contributed by atoms with Gasteiger partial charge in [-0.1, -0.05) is 19.9 Å². The Labute approximate surface area is 122 Å². The SMILES string of the molecule is CCOc1ccc(C(NC)C2CC2(C)C)cc1OCC. The second-order valence-corrected chi connectivity index (χ2v) is 6.14. The van der Waals surface area contributed by atoms with E-state index in [0.29, 0.717) is 30.6 Å². The standard InChI is InChI=1S/C17H27NO2/c1-6-19-14-9-8-12(10-15(14)20-7-2)16(18-5)13-11-17(13,3)4/h8-10,13,16,18H,6-7,11H2,1-5H3. The molecule has 0 saturated heterocycles. The molecule has 1 aliphatic carbocycles. The van der Waals surface area contributed by atoms with E-state index in [-0.39, 0.29) is 0 Å². The van der Waals surface area contributed by atoms with E-state index >= 15 is 0 Å². The molecule has 112 valence electrons. The molecule has 20 heavy (non-hydrogen) atoms. The van der Waals surface area contributed by atoms with Gasteiger partial charge in [0.1, 0.15) is 0 Å². The lowest BCUT2D eigenvalue weighted by Gasteiger charge is -2.20. The summed E-state index contributed by atoms with van der Waals surface area (Å²) in [6.45, 7) is 9.97. The average Bonchev–Trinajstić information content (AvgIpc) is 3.02. The van der Waals surface area contributed by atoms with Crippen molar-refractivity contribution in [3.8, 4) is 11.5 Å². The van der Waals surface area contributed by atoms with Crippen LogP contribution in [-0.4, -0.2) is 20.3 Å². The Balaban J connectivity index is 2.25. The molecule has 2 atom stereocenters. The van der Waals surface area contributed by atoms with Crippen LogP contribution < -0.4 is 14.8 Å². The van der Waals surface area contributed by atoms with E-state index in [1.807, 2.05) is 27.0 Å². The number of benzene rings is 1. The zero-order valence-electron chi connectivity index (χ0n) is 13.3. The first kappa shape index (κ1) is 15.2. The minimum absolute atomic E-state index is 0.389. The summed E-state index contributed by atoms with van der Waals surface area (Å²) in [4.78, 5) is 0. The Morgan fingerprint density at radius 3 is 2.30 bits per heavy atom. The van der Waals surface area contributed by atoms with Crippen molar-refractivity contribution in [1.29, 1.82) is 0 Å². The maximum absolute atomic E-state index is 5.72. The van der Waals surface area contributed by atoms with Crippen LogP contribution in [0, 0.1) is 11.3 Å².